The Balaban J connectivity index is 0.000000203. The van der Waals surface area contributed by atoms with Crippen molar-refractivity contribution in [3.05, 3.63) is 152 Å². The summed E-state index contributed by atoms with van der Waals surface area (Å²) in [6, 6.07) is 21.0. The van der Waals surface area contributed by atoms with Crippen molar-refractivity contribution >= 4 is 49.5 Å². The van der Waals surface area contributed by atoms with Gasteiger partial charge in [0.25, 0.3) is 11.6 Å². The van der Waals surface area contributed by atoms with E-state index in [0.717, 1.165) is 37.4 Å². The number of oxime groups is 1. The number of carbonyl (C=O) groups is 1. The number of nitrogens with zero attached hydrogens (tertiary/aromatic N) is 5. The monoisotopic (exact) mass is 1050 g/mol. The van der Waals surface area contributed by atoms with Crippen LogP contribution in [-0.2, 0) is 39.8 Å². The SMILES string of the molecule is Cn1nc(C(F)(F)F)c(CS(=O)(=O)C2=NOC(C)(C)C2)c1OC(F)F.Nc1c([N+](=O)[O-])ccc(Oc2ccccc2)c1Cl.O=C(Nc1ccc(F)cc1F)c1cccnc1Oc1cccc(C(F)(F)F)c1. The van der Waals surface area contributed by atoms with E-state index in [1.54, 1.807) is 24.3 Å². The lowest BCUT2D eigenvalue weighted by molar-refractivity contribution is -0.383. The fraction of sp³-hybridized carbons (Fsp3) is 0.209. The van der Waals surface area contributed by atoms with Gasteiger partial charge in [-0.3, -0.25) is 14.9 Å². The molecule has 4 aromatic carbocycles. The van der Waals surface area contributed by atoms with E-state index in [-0.39, 0.29) is 51.4 Å². The van der Waals surface area contributed by atoms with E-state index in [0.29, 0.717) is 16.5 Å². The normalized spacial score (nSPS) is 13.1. The number of nitrogens with one attached hydrogen (secondary N) is 1. The molecular formula is C43H34ClF10N7O9S. The number of amides is 1. The van der Waals surface area contributed by atoms with E-state index in [4.69, 9.17) is 31.6 Å². The van der Waals surface area contributed by atoms with Gasteiger partial charge in [-0.05, 0) is 74.5 Å². The van der Waals surface area contributed by atoms with Crippen LogP contribution < -0.4 is 25.3 Å². The molecule has 3 N–H and O–H groups in total. The quantitative estimate of drug-likeness (QED) is 0.0537. The first kappa shape index (κ1) is 54.3. The number of carbonyl (C=O) groups excluding carboxylic acids is 1. The van der Waals surface area contributed by atoms with Gasteiger partial charge in [-0.15, -0.1) is 0 Å². The molecule has 0 bridgehead atoms. The first-order valence-electron chi connectivity index (χ1n) is 19.6. The number of nitro benzene ring substituents is 1. The molecule has 16 nitrogen and oxygen atoms in total. The molecule has 1 aliphatic heterocycles. The number of aromatic nitrogens is 3. The number of pyridine rings is 1. The van der Waals surface area contributed by atoms with Crippen molar-refractivity contribution in [2.24, 2.45) is 12.2 Å². The maximum Gasteiger partial charge on any atom is 0.435 e. The van der Waals surface area contributed by atoms with Crippen molar-refractivity contribution < 1.29 is 81.1 Å². The standard InChI is InChI=1S/C19H11F5N2O2.C12H9ClN2O3.C12H14F5N3O4S/c20-12-6-7-16(15(21)10-12)26-17(27)14-5-2-8-25-18(14)28-13-4-1-3-11(9-13)19(22,23)24;13-11-10(18-8-4-2-1-3-5-8)7-6-9(12(11)14)15(16)17;1-11(2)4-7(19-24-11)25(21,22)5-6-8(12(15,16)17)18-20(3)9(6)23-10(13)14/h1-10H,(H,26,27);1-7H,14H2;10H,4-5H2,1-3H3. The zero-order chi connectivity index (χ0) is 52.6. The average Bonchev–Trinajstić information content (AvgIpc) is 3.81. The number of nitro groups is 1. The third kappa shape index (κ3) is 14.4. The zero-order valence-corrected chi connectivity index (χ0v) is 37.9. The molecule has 0 spiro atoms. The minimum atomic E-state index is -5.06. The first-order valence-corrected chi connectivity index (χ1v) is 21.7. The highest BCUT2D eigenvalue weighted by atomic mass is 35.5. The first-order chi connectivity index (χ1) is 33.1. The summed E-state index contributed by atoms with van der Waals surface area (Å²) in [6.07, 6.45) is -8.51. The zero-order valence-electron chi connectivity index (χ0n) is 36.4. The van der Waals surface area contributed by atoms with Gasteiger partial charge in [0.05, 0.1) is 27.5 Å². The van der Waals surface area contributed by atoms with E-state index in [1.807, 2.05) is 6.07 Å². The van der Waals surface area contributed by atoms with Crippen LogP contribution in [-0.4, -0.2) is 51.3 Å². The van der Waals surface area contributed by atoms with Crippen LogP contribution in [0.3, 0.4) is 0 Å². The predicted octanol–water partition coefficient (Wildman–Crippen LogP) is 11.5. The van der Waals surface area contributed by atoms with Crippen LogP contribution >= 0.6 is 11.6 Å². The van der Waals surface area contributed by atoms with Crippen LogP contribution in [0.15, 0.2) is 108 Å². The van der Waals surface area contributed by atoms with Crippen LogP contribution in [0.1, 0.15) is 47.4 Å². The Bertz CT molecular complexity index is 3050. The lowest BCUT2D eigenvalue weighted by atomic mass is 10.1. The summed E-state index contributed by atoms with van der Waals surface area (Å²) in [6.45, 7) is -0.380. The summed E-state index contributed by atoms with van der Waals surface area (Å²) in [5, 5.41) is 18.9. The molecule has 0 radical (unpaired) electrons. The van der Waals surface area contributed by atoms with Crippen LogP contribution in [0.4, 0.5) is 61.0 Å². The van der Waals surface area contributed by atoms with Gasteiger partial charge in [-0.1, -0.05) is 41.0 Å². The third-order valence-corrected chi connectivity index (χ3v) is 11.1. The topological polar surface area (TPSA) is 212 Å². The maximum atomic E-state index is 13.7. The van der Waals surface area contributed by atoms with Crippen molar-refractivity contribution in [3.8, 4) is 29.0 Å². The van der Waals surface area contributed by atoms with Gasteiger partial charge in [-0.25, -0.2) is 26.9 Å². The third-order valence-electron chi connectivity index (χ3n) is 9.08. The molecule has 2 aromatic heterocycles. The van der Waals surface area contributed by atoms with Crippen molar-refractivity contribution in [3.63, 3.8) is 0 Å². The number of para-hydroxylation sites is 1. The molecule has 0 aliphatic carbocycles. The fourth-order valence-electron chi connectivity index (χ4n) is 5.87. The smallest absolute Gasteiger partial charge is 0.435 e. The van der Waals surface area contributed by atoms with Crippen molar-refractivity contribution in [1.29, 1.82) is 0 Å². The minimum absolute atomic E-state index is 0.0352. The summed E-state index contributed by atoms with van der Waals surface area (Å²) < 4.78 is 169. The second-order valence-electron chi connectivity index (χ2n) is 14.9. The number of aryl methyl sites for hydroxylation is 1. The van der Waals surface area contributed by atoms with E-state index in [9.17, 15) is 67.2 Å². The fourth-order valence-corrected chi connectivity index (χ4v) is 7.60. The van der Waals surface area contributed by atoms with Gasteiger partial charge in [-0.2, -0.15) is 40.2 Å². The van der Waals surface area contributed by atoms with Gasteiger partial charge < -0.3 is 30.1 Å². The lowest BCUT2D eigenvalue weighted by Crippen LogP contribution is -2.24. The highest BCUT2D eigenvalue weighted by molar-refractivity contribution is 8.05. The molecule has 0 saturated heterocycles. The van der Waals surface area contributed by atoms with Gasteiger partial charge in [0, 0.05) is 31.8 Å². The molecule has 71 heavy (non-hydrogen) atoms. The molecule has 7 rings (SSSR count). The molecule has 0 unspecified atom stereocenters. The molecule has 0 fully saturated rings. The molecule has 1 amide bonds. The minimum Gasteiger partial charge on any atom is -0.456 e. The Labute approximate surface area is 399 Å². The van der Waals surface area contributed by atoms with Crippen molar-refractivity contribution in [1.82, 2.24) is 14.8 Å². The van der Waals surface area contributed by atoms with E-state index in [2.05, 4.69) is 25.3 Å². The number of halogens is 11. The maximum absolute atomic E-state index is 13.7. The second kappa shape index (κ2) is 22.0. The summed E-state index contributed by atoms with van der Waals surface area (Å²) in [4.78, 5) is 31.2. The van der Waals surface area contributed by atoms with Crippen molar-refractivity contribution in [2.75, 3.05) is 11.1 Å². The average molecular weight is 1050 g/mol. The number of anilines is 2. The summed E-state index contributed by atoms with van der Waals surface area (Å²) in [5.41, 5.74) is 0.323. The van der Waals surface area contributed by atoms with Crippen LogP contribution in [0.25, 0.3) is 0 Å². The van der Waals surface area contributed by atoms with Crippen LogP contribution in [0.5, 0.6) is 29.0 Å². The van der Waals surface area contributed by atoms with Crippen LogP contribution in [0, 0.1) is 21.7 Å². The Hall–Kier alpha value is -7.68. The Morgan fingerprint density at radius 2 is 1.62 bits per heavy atom. The van der Waals surface area contributed by atoms with E-state index >= 15 is 0 Å². The predicted molar refractivity (Wildman–Crippen MR) is 234 cm³/mol. The Morgan fingerprint density at radius 3 is 2.21 bits per heavy atom. The number of nitrogens with two attached hydrogens (primary N) is 1. The summed E-state index contributed by atoms with van der Waals surface area (Å²) in [5.74, 6) is -4.47. The molecule has 6 aromatic rings. The highest BCUT2D eigenvalue weighted by Gasteiger charge is 2.43. The Kier molecular flexibility index (Phi) is 16.8. The molecule has 1 aliphatic rings. The van der Waals surface area contributed by atoms with Gasteiger partial charge in [0.15, 0.2) is 20.6 Å². The molecule has 0 atom stereocenters. The molecule has 378 valence electrons. The largest absolute Gasteiger partial charge is 0.456 e. The number of nitrogen functional groups attached to an aromatic ring is 1. The number of alkyl halides is 8. The van der Waals surface area contributed by atoms with E-state index in [1.165, 1.54) is 50.4 Å². The number of sulfone groups is 1. The van der Waals surface area contributed by atoms with Crippen molar-refractivity contribution in [2.45, 2.75) is 50.6 Å². The number of benzene rings is 4. The molecular weight excluding hydrogens is 1020 g/mol. The summed E-state index contributed by atoms with van der Waals surface area (Å²) in [7, 11) is -3.43. The van der Waals surface area contributed by atoms with E-state index < -0.39 is 90.4 Å². The van der Waals surface area contributed by atoms with Crippen LogP contribution in [0.2, 0.25) is 5.02 Å². The molecule has 0 saturated carbocycles. The lowest BCUT2D eigenvalue weighted by Gasteiger charge is -2.13. The number of hydrogen-bond donors (Lipinski definition) is 2. The highest BCUT2D eigenvalue weighted by Crippen LogP contribution is 2.40. The van der Waals surface area contributed by atoms with Gasteiger partial charge in [0.2, 0.25) is 11.8 Å². The second-order valence-corrected chi connectivity index (χ2v) is 17.3. The van der Waals surface area contributed by atoms with Gasteiger partial charge in [0.1, 0.15) is 50.8 Å². The number of hydrogen-bond acceptors (Lipinski definition) is 13. The summed E-state index contributed by atoms with van der Waals surface area (Å²) >= 11 is 5.94. The number of ether oxygens (including phenoxy) is 3. The molecule has 3 heterocycles. The number of rotatable bonds is 11. The Morgan fingerprint density at radius 1 is 0.944 bits per heavy atom. The van der Waals surface area contributed by atoms with Gasteiger partial charge >= 0.3 is 19.0 Å². The molecule has 28 heteroatoms.